The Hall–Kier alpha value is -2.29. The van der Waals surface area contributed by atoms with Gasteiger partial charge in [0, 0.05) is 31.2 Å². The third-order valence-corrected chi connectivity index (χ3v) is 5.67. The molecule has 0 bridgehead atoms. The van der Waals surface area contributed by atoms with Crippen LogP contribution in [0.4, 0.5) is 5.69 Å². The first-order chi connectivity index (χ1) is 12.3. The summed E-state index contributed by atoms with van der Waals surface area (Å²) in [6, 6.07) is 19.5. The van der Waals surface area contributed by atoms with Crippen molar-refractivity contribution >= 4 is 11.6 Å². The fourth-order valence-electron chi connectivity index (χ4n) is 4.29. The molecule has 0 saturated carbocycles. The summed E-state index contributed by atoms with van der Waals surface area (Å²) in [4.78, 5) is 14.9. The monoisotopic (exact) mass is 334 g/mol. The summed E-state index contributed by atoms with van der Waals surface area (Å²) in [5.41, 5.74) is 4.10. The Morgan fingerprint density at radius 2 is 1.68 bits per heavy atom. The third-order valence-electron chi connectivity index (χ3n) is 5.67. The number of carbonyl (C=O) groups is 1. The number of fused-ring (bicyclic) bond motifs is 1. The van der Waals surface area contributed by atoms with E-state index in [-0.39, 0.29) is 5.91 Å². The van der Waals surface area contributed by atoms with Crippen molar-refractivity contribution in [3.05, 3.63) is 65.7 Å². The zero-order chi connectivity index (χ0) is 17.1. The van der Waals surface area contributed by atoms with Gasteiger partial charge < -0.3 is 10.2 Å². The van der Waals surface area contributed by atoms with E-state index in [2.05, 4.69) is 64.8 Å². The van der Waals surface area contributed by atoms with Gasteiger partial charge in [0.2, 0.25) is 5.91 Å². The smallest absolute Gasteiger partial charge is 0.220 e. The van der Waals surface area contributed by atoms with Crippen LogP contribution < -0.4 is 10.2 Å². The van der Waals surface area contributed by atoms with Crippen molar-refractivity contribution in [1.29, 1.82) is 0 Å². The summed E-state index contributed by atoms with van der Waals surface area (Å²) in [6.07, 6.45) is 4.92. The van der Waals surface area contributed by atoms with Crippen molar-refractivity contribution < 1.29 is 4.79 Å². The van der Waals surface area contributed by atoms with Crippen LogP contribution in [0.5, 0.6) is 0 Å². The van der Waals surface area contributed by atoms with E-state index >= 15 is 0 Å². The second-order valence-corrected chi connectivity index (χ2v) is 7.30. The molecule has 2 aromatic carbocycles. The lowest BCUT2D eigenvalue weighted by Crippen LogP contribution is -2.44. The summed E-state index contributed by atoms with van der Waals surface area (Å²) in [6.45, 7) is 2.03. The summed E-state index contributed by atoms with van der Waals surface area (Å²) in [7, 11) is 0. The number of aryl methyl sites for hydroxylation is 1. The highest BCUT2D eigenvalue weighted by Gasteiger charge is 2.26. The number of carbonyl (C=O) groups excluding carboxylic acids is 1. The van der Waals surface area contributed by atoms with Crippen molar-refractivity contribution in [1.82, 2.24) is 5.32 Å². The first-order valence-electron chi connectivity index (χ1n) is 9.47. The molecular formula is C22H26N2O. The predicted octanol–water partition coefficient (Wildman–Crippen LogP) is 3.89. The maximum absolute atomic E-state index is 12.5. The Kier molecular flexibility index (Phi) is 4.73. The second-order valence-electron chi connectivity index (χ2n) is 7.30. The van der Waals surface area contributed by atoms with E-state index in [0.29, 0.717) is 18.4 Å². The Bertz CT molecular complexity index is 720. The molecule has 1 fully saturated rings. The number of para-hydroxylation sites is 1. The van der Waals surface area contributed by atoms with Crippen LogP contribution in [0.2, 0.25) is 0 Å². The van der Waals surface area contributed by atoms with Crippen molar-refractivity contribution in [2.75, 3.05) is 18.0 Å². The van der Waals surface area contributed by atoms with E-state index < -0.39 is 0 Å². The molecular weight excluding hydrogens is 308 g/mol. The number of piperidine rings is 1. The van der Waals surface area contributed by atoms with Gasteiger partial charge in [-0.05, 0) is 54.9 Å². The standard InChI is InChI=1S/C22H26N2O/c25-22(16-18-11-10-17-6-4-5-9-21(17)18)23-19-12-14-24(15-13-19)20-7-2-1-3-8-20/h1-9,18-19H,10-16H2,(H,23,25)/t18-/m0/s1. The largest absolute Gasteiger partial charge is 0.371 e. The Morgan fingerprint density at radius 3 is 2.48 bits per heavy atom. The minimum absolute atomic E-state index is 0.222. The minimum atomic E-state index is 0.222. The molecule has 1 atom stereocenters. The fourth-order valence-corrected chi connectivity index (χ4v) is 4.29. The summed E-state index contributed by atoms with van der Waals surface area (Å²) in [5, 5.41) is 3.28. The van der Waals surface area contributed by atoms with Gasteiger partial charge in [0.15, 0.2) is 0 Å². The quantitative estimate of drug-likeness (QED) is 0.920. The molecule has 0 radical (unpaired) electrons. The lowest BCUT2D eigenvalue weighted by Gasteiger charge is -2.34. The summed E-state index contributed by atoms with van der Waals surface area (Å²) >= 11 is 0. The molecule has 0 spiro atoms. The van der Waals surface area contributed by atoms with E-state index in [1.807, 2.05) is 0 Å². The zero-order valence-electron chi connectivity index (χ0n) is 14.7. The first-order valence-corrected chi connectivity index (χ1v) is 9.47. The molecule has 1 saturated heterocycles. The van der Waals surface area contributed by atoms with Gasteiger partial charge in [-0.15, -0.1) is 0 Å². The molecule has 4 rings (SSSR count). The van der Waals surface area contributed by atoms with Crippen LogP contribution >= 0.6 is 0 Å². The molecule has 3 nitrogen and oxygen atoms in total. The van der Waals surface area contributed by atoms with E-state index in [1.54, 1.807) is 0 Å². The van der Waals surface area contributed by atoms with Crippen LogP contribution in [-0.4, -0.2) is 25.0 Å². The number of nitrogens with one attached hydrogen (secondary N) is 1. The van der Waals surface area contributed by atoms with Crippen LogP contribution in [0.1, 0.15) is 42.7 Å². The van der Waals surface area contributed by atoms with Gasteiger partial charge in [-0.2, -0.15) is 0 Å². The number of anilines is 1. The van der Waals surface area contributed by atoms with Gasteiger partial charge in [-0.25, -0.2) is 0 Å². The minimum Gasteiger partial charge on any atom is -0.371 e. The maximum Gasteiger partial charge on any atom is 0.220 e. The maximum atomic E-state index is 12.5. The van der Waals surface area contributed by atoms with Gasteiger partial charge in [-0.3, -0.25) is 4.79 Å². The Labute approximate surface area is 150 Å². The van der Waals surface area contributed by atoms with Gasteiger partial charge >= 0.3 is 0 Å². The molecule has 1 amide bonds. The van der Waals surface area contributed by atoms with Gasteiger partial charge in [0.25, 0.3) is 0 Å². The average Bonchev–Trinajstić information content (AvgIpc) is 3.06. The third kappa shape index (κ3) is 3.71. The molecule has 2 aromatic rings. The highest BCUT2D eigenvalue weighted by molar-refractivity contribution is 5.77. The molecule has 130 valence electrons. The zero-order valence-corrected chi connectivity index (χ0v) is 14.7. The van der Waals surface area contributed by atoms with E-state index in [4.69, 9.17) is 0 Å². The highest BCUT2D eigenvalue weighted by atomic mass is 16.1. The number of amides is 1. The molecule has 1 heterocycles. The molecule has 25 heavy (non-hydrogen) atoms. The predicted molar refractivity (Wildman–Crippen MR) is 102 cm³/mol. The van der Waals surface area contributed by atoms with E-state index in [1.165, 1.54) is 16.8 Å². The van der Waals surface area contributed by atoms with E-state index in [9.17, 15) is 4.79 Å². The topological polar surface area (TPSA) is 32.3 Å². The molecule has 0 aromatic heterocycles. The molecule has 1 N–H and O–H groups in total. The number of nitrogens with zero attached hydrogens (tertiary/aromatic N) is 1. The van der Waals surface area contributed by atoms with Crippen molar-refractivity contribution in [3.8, 4) is 0 Å². The lowest BCUT2D eigenvalue weighted by molar-refractivity contribution is -0.122. The molecule has 1 aliphatic heterocycles. The second kappa shape index (κ2) is 7.30. The highest BCUT2D eigenvalue weighted by Crippen LogP contribution is 2.35. The Balaban J connectivity index is 1.27. The number of hydrogen-bond acceptors (Lipinski definition) is 2. The molecule has 3 heteroatoms. The van der Waals surface area contributed by atoms with E-state index in [0.717, 1.165) is 38.8 Å². The number of hydrogen-bond donors (Lipinski definition) is 1. The van der Waals surface area contributed by atoms with Gasteiger partial charge in [0.1, 0.15) is 0 Å². The van der Waals surface area contributed by atoms with Crippen LogP contribution in [0.15, 0.2) is 54.6 Å². The first kappa shape index (κ1) is 16.2. The van der Waals surface area contributed by atoms with Crippen LogP contribution in [0.25, 0.3) is 0 Å². The van der Waals surface area contributed by atoms with Crippen molar-refractivity contribution in [3.63, 3.8) is 0 Å². The normalized spacial score (nSPS) is 20.3. The van der Waals surface area contributed by atoms with Gasteiger partial charge in [-0.1, -0.05) is 42.5 Å². The molecule has 2 aliphatic rings. The molecule has 0 unspecified atom stereocenters. The SMILES string of the molecule is O=C(C[C@@H]1CCc2ccccc21)NC1CCN(c2ccccc2)CC1. The van der Waals surface area contributed by atoms with Crippen LogP contribution in [0, 0.1) is 0 Å². The van der Waals surface area contributed by atoms with Crippen molar-refractivity contribution in [2.45, 2.75) is 44.1 Å². The van der Waals surface area contributed by atoms with Crippen LogP contribution in [0.3, 0.4) is 0 Å². The lowest BCUT2D eigenvalue weighted by atomic mass is 9.97. The van der Waals surface area contributed by atoms with Crippen LogP contribution in [-0.2, 0) is 11.2 Å². The number of rotatable bonds is 4. The molecule has 1 aliphatic carbocycles. The average molecular weight is 334 g/mol. The number of benzene rings is 2. The van der Waals surface area contributed by atoms with Gasteiger partial charge in [0.05, 0.1) is 0 Å². The summed E-state index contributed by atoms with van der Waals surface area (Å²) < 4.78 is 0. The van der Waals surface area contributed by atoms with Crippen molar-refractivity contribution in [2.24, 2.45) is 0 Å². The Morgan fingerprint density at radius 1 is 0.960 bits per heavy atom. The fraction of sp³-hybridized carbons (Fsp3) is 0.409. The summed E-state index contributed by atoms with van der Waals surface area (Å²) in [5.74, 6) is 0.625.